The van der Waals surface area contributed by atoms with Gasteiger partial charge >= 0.3 is 5.97 Å². The molecule has 0 spiro atoms. The molecular weight excluding hydrogens is 288 g/mol. The van der Waals surface area contributed by atoms with Crippen molar-refractivity contribution in [2.45, 2.75) is 11.1 Å². The monoisotopic (exact) mass is 298 g/mol. The molecule has 1 aromatic heterocycles. The quantitative estimate of drug-likeness (QED) is 0.899. The summed E-state index contributed by atoms with van der Waals surface area (Å²) >= 11 is 1.07. The molecule has 100 valence electrons. The zero-order chi connectivity index (χ0) is 14.0. The number of hydrogen-bond donors (Lipinski definition) is 2. The number of sulfonamides is 1. The summed E-state index contributed by atoms with van der Waals surface area (Å²) in [6, 6.07) is 5.46. The summed E-state index contributed by atoms with van der Waals surface area (Å²) in [4.78, 5) is 14.6. The molecule has 0 amide bonds. The smallest absolute Gasteiger partial charge is 0.335 e. The predicted molar refractivity (Wildman–Crippen MR) is 71.1 cm³/mol. The highest BCUT2D eigenvalue weighted by Gasteiger charge is 2.17. The molecule has 0 unspecified atom stereocenters. The number of thiazole rings is 1. The van der Waals surface area contributed by atoms with E-state index in [0.717, 1.165) is 11.3 Å². The number of carboxylic acids is 1. The lowest BCUT2D eigenvalue weighted by atomic mass is 10.2. The number of anilines is 1. The van der Waals surface area contributed by atoms with Crippen molar-refractivity contribution in [1.82, 2.24) is 4.98 Å². The third kappa shape index (κ3) is 3.09. The highest BCUT2D eigenvalue weighted by molar-refractivity contribution is 7.94. The van der Waals surface area contributed by atoms with E-state index in [9.17, 15) is 13.2 Å². The van der Waals surface area contributed by atoms with Crippen molar-refractivity contribution >= 4 is 33.0 Å². The van der Waals surface area contributed by atoms with Gasteiger partial charge in [-0.1, -0.05) is 0 Å². The molecule has 0 fully saturated rings. The lowest BCUT2D eigenvalue weighted by Gasteiger charge is -2.05. The minimum atomic E-state index is -3.67. The van der Waals surface area contributed by atoms with Gasteiger partial charge in [-0.3, -0.25) is 4.72 Å². The minimum Gasteiger partial charge on any atom is -0.478 e. The molecule has 2 N–H and O–H groups in total. The molecule has 1 heterocycles. The van der Waals surface area contributed by atoms with E-state index in [1.165, 1.54) is 30.5 Å². The number of nitrogens with one attached hydrogen (secondary N) is 1. The Bertz CT molecular complexity index is 705. The Morgan fingerprint density at radius 2 is 1.95 bits per heavy atom. The highest BCUT2D eigenvalue weighted by Crippen LogP contribution is 2.21. The second-order valence-corrected chi connectivity index (χ2v) is 6.83. The van der Waals surface area contributed by atoms with Crippen LogP contribution in [0.25, 0.3) is 0 Å². The van der Waals surface area contributed by atoms with E-state index < -0.39 is 16.0 Å². The van der Waals surface area contributed by atoms with Crippen LogP contribution in [-0.4, -0.2) is 24.5 Å². The number of carboxylic acid groups (broad SMARTS) is 1. The molecule has 2 aromatic rings. The molecule has 0 radical (unpaired) electrons. The second kappa shape index (κ2) is 4.98. The van der Waals surface area contributed by atoms with Gasteiger partial charge in [-0.25, -0.2) is 18.2 Å². The molecule has 0 saturated heterocycles. The summed E-state index contributed by atoms with van der Waals surface area (Å²) in [6.07, 6.45) is 1.29. The predicted octanol–water partition coefficient (Wildman–Crippen LogP) is 1.95. The summed E-state index contributed by atoms with van der Waals surface area (Å²) in [5.74, 6) is -1.06. The van der Waals surface area contributed by atoms with E-state index in [1.54, 1.807) is 6.92 Å². The van der Waals surface area contributed by atoms with Crippen LogP contribution in [0.2, 0.25) is 0 Å². The van der Waals surface area contributed by atoms with Gasteiger partial charge in [0.25, 0.3) is 10.0 Å². The summed E-state index contributed by atoms with van der Waals surface area (Å²) in [5.41, 5.74) is 0.396. The Kier molecular flexibility index (Phi) is 3.54. The van der Waals surface area contributed by atoms with Crippen molar-refractivity contribution in [2.75, 3.05) is 4.72 Å². The van der Waals surface area contributed by atoms with Gasteiger partial charge in [0.15, 0.2) is 4.21 Å². The average Bonchev–Trinajstić information content (AvgIpc) is 2.77. The maximum absolute atomic E-state index is 12.0. The lowest BCUT2D eigenvalue weighted by Crippen LogP contribution is -2.11. The maximum atomic E-state index is 12.0. The molecule has 6 nitrogen and oxygen atoms in total. The van der Waals surface area contributed by atoms with E-state index in [-0.39, 0.29) is 9.77 Å². The van der Waals surface area contributed by atoms with Gasteiger partial charge in [0.1, 0.15) is 0 Å². The van der Waals surface area contributed by atoms with Crippen LogP contribution >= 0.6 is 11.3 Å². The topological polar surface area (TPSA) is 96.4 Å². The fraction of sp³-hybridized carbons (Fsp3) is 0.0909. The Balaban J connectivity index is 2.23. The number of rotatable bonds is 4. The number of aromatic nitrogens is 1. The number of nitrogens with zero attached hydrogens (tertiary/aromatic N) is 1. The summed E-state index contributed by atoms with van der Waals surface area (Å²) in [5, 5.41) is 9.40. The number of benzene rings is 1. The normalized spacial score (nSPS) is 11.2. The molecule has 0 aliphatic carbocycles. The van der Waals surface area contributed by atoms with E-state index >= 15 is 0 Å². The largest absolute Gasteiger partial charge is 0.478 e. The maximum Gasteiger partial charge on any atom is 0.335 e. The van der Waals surface area contributed by atoms with Crippen molar-refractivity contribution in [3.63, 3.8) is 0 Å². The Labute approximate surface area is 113 Å². The number of aryl methyl sites for hydroxylation is 1. The van der Waals surface area contributed by atoms with Crippen LogP contribution in [0.15, 0.2) is 34.7 Å². The Hall–Kier alpha value is -1.93. The fourth-order valence-corrected chi connectivity index (χ4v) is 3.52. The van der Waals surface area contributed by atoms with Gasteiger partial charge in [-0.15, -0.1) is 11.3 Å². The molecule has 0 aliphatic heterocycles. The van der Waals surface area contributed by atoms with Gasteiger partial charge in [0.05, 0.1) is 16.8 Å². The van der Waals surface area contributed by atoms with Crippen LogP contribution in [0.5, 0.6) is 0 Å². The summed E-state index contributed by atoms with van der Waals surface area (Å²) in [7, 11) is -3.67. The van der Waals surface area contributed by atoms with Gasteiger partial charge in [0.2, 0.25) is 0 Å². The van der Waals surface area contributed by atoms with E-state index in [1.807, 2.05) is 0 Å². The van der Waals surface area contributed by atoms with Crippen molar-refractivity contribution in [2.24, 2.45) is 0 Å². The number of carbonyl (C=O) groups is 1. The zero-order valence-corrected chi connectivity index (χ0v) is 11.5. The van der Waals surface area contributed by atoms with Crippen molar-refractivity contribution in [3.8, 4) is 0 Å². The third-order valence-corrected chi connectivity index (χ3v) is 5.00. The first-order chi connectivity index (χ1) is 8.88. The molecule has 19 heavy (non-hydrogen) atoms. The highest BCUT2D eigenvalue weighted by atomic mass is 32.2. The molecule has 0 saturated carbocycles. The second-order valence-electron chi connectivity index (χ2n) is 3.69. The zero-order valence-electron chi connectivity index (χ0n) is 9.82. The SMILES string of the molecule is Cc1ncc(S(=O)(=O)Nc2ccc(C(=O)O)cc2)s1. The van der Waals surface area contributed by atoms with Crippen LogP contribution in [0, 0.1) is 6.92 Å². The van der Waals surface area contributed by atoms with Crippen LogP contribution in [0.3, 0.4) is 0 Å². The molecule has 0 atom stereocenters. The van der Waals surface area contributed by atoms with Crippen molar-refractivity contribution < 1.29 is 18.3 Å². The summed E-state index contributed by atoms with van der Waals surface area (Å²) < 4.78 is 26.4. The average molecular weight is 298 g/mol. The number of hydrogen-bond acceptors (Lipinski definition) is 5. The minimum absolute atomic E-state index is 0.0941. The van der Waals surface area contributed by atoms with Gasteiger partial charge in [-0.05, 0) is 31.2 Å². The molecular formula is C11H10N2O4S2. The molecule has 0 aliphatic rings. The van der Waals surface area contributed by atoms with Crippen molar-refractivity contribution in [1.29, 1.82) is 0 Å². The van der Waals surface area contributed by atoms with Crippen LogP contribution in [0.4, 0.5) is 5.69 Å². The van der Waals surface area contributed by atoms with Crippen LogP contribution < -0.4 is 4.72 Å². The third-order valence-electron chi connectivity index (χ3n) is 2.25. The van der Waals surface area contributed by atoms with E-state index in [2.05, 4.69) is 9.71 Å². The van der Waals surface area contributed by atoms with Crippen LogP contribution in [0.1, 0.15) is 15.4 Å². The Morgan fingerprint density at radius 3 is 2.42 bits per heavy atom. The number of aromatic carboxylic acids is 1. The first-order valence-corrected chi connectivity index (χ1v) is 7.47. The standard InChI is InChI=1S/C11H10N2O4S2/c1-7-12-6-10(18-7)19(16,17)13-9-4-2-8(3-5-9)11(14)15/h2-6,13H,1H3,(H,14,15). The van der Waals surface area contributed by atoms with Gasteiger partial charge in [-0.2, -0.15) is 0 Å². The first kappa shape index (κ1) is 13.5. The molecule has 8 heteroatoms. The van der Waals surface area contributed by atoms with E-state index in [4.69, 9.17) is 5.11 Å². The molecule has 1 aromatic carbocycles. The van der Waals surface area contributed by atoms with Gasteiger partial charge < -0.3 is 5.11 Å². The van der Waals surface area contributed by atoms with Crippen molar-refractivity contribution in [3.05, 3.63) is 41.0 Å². The van der Waals surface area contributed by atoms with Crippen LogP contribution in [-0.2, 0) is 10.0 Å². The lowest BCUT2D eigenvalue weighted by molar-refractivity contribution is 0.0697. The molecule has 0 bridgehead atoms. The van der Waals surface area contributed by atoms with E-state index in [0.29, 0.717) is 10.7 Å². The van der Waals surface area contributed by atoms with Gasteiger partial charge in [0, 0.05) is 5.69 Å². The summed E-state index contributed by atoms with van der Waals surface area (Å²) in [6.45, 7) is 1.71. The Morgan fingerprint density at radius 1 is 1.32 bits per heavy atom. The fourth-order valence-electron chi connectivity index (χ4n) is 1.35. The molecule has 2 rings (SSSR count). The first-order valence-electron chi connectivity index (χ1n) is 5.17.